The van der Waals surface area contributed by atoms with E-state index in [-0.39, 0.29) is 5.91 Å². The number of rotatable bonds is 6. The monoisotopic (exact) mass is 339 g/mol. The number of carbonyl (C=O) groups excluding carboxylic acids is 1. The minimum atomic E-state index is -0.101. The van der Waals surface area contributed by atoms with Crippen molar-refractivity contribution in [2.45, 2.75) is 39.0 Å². The molecule has 0 saturated carbocycles. The van der Waals surface area contributed by atoms with Gasteiger partial charge in [0.2, 0.25) is 5.91 Å². The Bertz CT molecular complexity index is 518. The molecule has 0 bridgehead atoms. The first-order valence-electron chi connectivity index (χ1n) is 7.41. The van der Waals surface area contributed by atoms with Gasteiger partial charge in [-0.3, -0.25) is 15.6 Å². The fourth-order valence-electron chi connectivity index (χ4n) is 1.63. The van der Waals surface area contributed by atoms with Crippen molar-refractivity contribution in [1.82, 2.24) is 16.2 Å². The summed E-state index contributed by atoms with van der Waals surface area (Å²) in [6.45, 7) is 9.26. The van der Waals surface area contributed by atoms with Gasteiger partial charge in [0.15, 0.2) is 5.11 Å². The molecule has 1 aromatic rings. The molecule has 0 aliphatic rings. The summed E-state index contributed by atoms with van der Waals surface area (Å²) >= 11 is 6.60. The number of thiocarbonyl (C=S) groups is 1. The lowest BCUT2D eigenvalue weighted by Gasteiger charge is -2.12. The Hall–Kier alpha value is -1.27. The molecule has 1 amide bonds. The number of hydrazine groups is 1. The zero-order valence-electron chi connectivity index (χ0n) is 13.7. The van der Waals surface area contributed by atoms with E-state index in [9.17, 15) is 4.79 Å². The fourth-order valence-corrected chi connectivity index (χ4v) is 2.58. The molecule has 1 aromatic carbocycles. The Morgan fingerprint density at radius 3 is 2.59 bits per heavy atom. The molecule has 6 heteroatoms. The van der Waals surface area contributed by atoms with Crippen LogP contribution in [-0.2, 0) is 4.79 Å². The molecule has 0 aliphatic heterocycles. The second-order valence-corrected chi connectivity index (χ2v) is 7.10. The zero-order chi connectivity index (χ0) is 16.5. The van der Waals surface area contributed by atoms with E-state index in [1.54, 1.807) is 0 Å². The first-order valence-corrected chi connectivity index (χ1v) is 8.80. The highest BCUT2D eigenvalue weighted by Crippen LogP contribution is 2.20. The second-order valence-electron chi connectivity index (χ2n) is 5.65. The molecule has 0 radical (unpaired) electrons. The maximum absolute atomic E-state index is 11.8. The van der Waals surface area contributed by atoms with E-state index >= 15 is 0 Å². The third-order valence-electron chi connectivity index (χ3n) is 3.17. The molecule has 0 unspecified atom stereocenters. The summed E-state index contributed by atoms with van der Waals surface area (Å²) in [6.07, 6.45) is 1.04. The van der Waals surface area contributed by atoms with Gasteiger partial charge in [0, 0.05) is 11.4 Å². The maximum atomic E-state index is 11.8. The summed E-state index contributed by atoms with van der Waals surface area (Å²) in [5, 5.41) is 3.50. The summed E-state index contributed by atoms with van der Waals surface area (Å²) in [5.74, 6) is 0.875. The molecular formula is C16H25N3OS2. The lowest BCUT2D eigenvalue weighted by Crippen LogP contribution is -2.47. The third kappa shape index (κ3) is 7.66. The summed E-state index contributed by atoms with van der Waals surface area (Å²) in [5.41, 5.74) is 7.82. The Balaban J connectivity index is 2.23. The van der Waals surface area contributed by atoms with Crippen molar-refractivity contribution in [1.29, 1.82) is 0 Å². The van der Waals surface area contributed by atoms with Crippen molar-refractivity contribution in [2.75, 3.05) is 12.3 Å². The molecular weight excluding hydrogens is 314 g/mol. The van der Waals surface area contributed by atoms with Crippen LogP contribution < -0.4 is 16.2 Å². The average Bonchev–Trinajstić information content (AvgIpc) is 2.46. The first kappa shape index (κ1) is 18.8. The van der Waals surface area contributed by atoms with Crippen LogP contribution in [0.3, 0.4) is 0 Å². The van der Waals surface area contributed by atoms with Crippen LogP contribution in [0.4, 0.5) is 0 Å². The minimum absolute atomic E-state index is 0.101. The molecule has 122 valence electrons. The number of hydrogen-bond donors (Lipinski definition) is 3. The minimum Gasteiger partial charge on any atom is -0.361 e. The normalized spacial score (nSPS) is 10.4. The van der Waals surface area contributed by atoms with Gasteiger partial charge >= 0.3 is 0 Å². The van der Waals surface area contributed by atoms with Crippen LogP contribution in [0.1, 0.15) is 31.4 Å². The lowest BCUT2D eigenvalue weighted by molar-refractivity contribution is -0.119. The van der Waals surface area contributed by atoms with E-state index in [4.69, 9.17) is 12.2 Å². The van der Waals surface area contributed by atoms with Gasteiger partial charge in [-0.25, -0.2) is 0 Å². The summed E-state index contributed by atoms with van der Waals surface area (Å²) in [6, 6.07) is 6.20. The predicted molar refractivity (Wildman–Crippen MR) is 98.0 cm³/mol. The smallest absolute Gasteiger partial charge is 0.248 e. The molecule has 0 aliphatic carbocycles. The van der Waals surface area contributed by atoms with Crippen LogP contribution in [0, 0.1) is 19.8 Å². The molecule has 1 rings (SSSR count). The number of hydrogen-bond acceptors (Lipinski definition) is 3. The average molecular weight is 340 g/mol. The fraction of sp³-hybridized carbons (Fsp3) is 0.500. The Labute approximate surface area is 142 Å². The second kappa shape index (κ2) is 9.69. The van der Waals surface area contributed by atoms with Crippen LogP contribution in [0.2, 0.25) is 0 Å². The lowest BCUT2D eigenvalue weighted by atomic mass is 10.1. The summed E-state index contributed by atoms with van der Waals surface area (Å²) in [7, 11) is 0. The van der Waals surface area contributed by atoms with E-state index < -0.39 is 0 Å². The van der Waals surface area contributed by atoms with Gasteiger partial charge in [0.25, 0.3) is 0 Å². The molecule has 0 aromatic heterocycles. The van der Waals surface area contributed by atoms with Crippen molar-refractivity contribution < 1.29 is 4.79 Å². The summed E-state index contributed by atoms with van der Waals surface area (Å²) in [4.78, 5) is 12.9. The quantitative estimate of drug-likeness (QED) is 0.423. The van der Waals surface area contributed by atoms with Crippen LogP contribution in [0.25, 0.3) is 0 Å². The van der Waals surface area contributed by atoms with Crippen molar-refractivity contribution in [3.63, 3.8) is 0 Å². The van der Waals surface area contributed by atoms with Crippen LogP contribution in [0.15, 0.2) is 23.1 Å². The van der Waals surface area contributed by atoms with E-state index in [0.717, 1.165) is 17.9 Å². The van der Waals surface area contributed by atoms with Gasteiger partial charge in [-0.2, -0.15) is 0 Å². The Kier molecular flexibility index (Phi) is 8.27. The zero-order valence-corrected chi connectivity index (χ0v) is 15.3. The van der Waals surface area contributed by atoms with Crippen molar-refractivity contribution >= 4 is 35.0 Å². The van der Waals surface area contributed by atoms with E-state index in [2.05, 4.69) is 56.0 Å². The van der Waals surface area contributed by atoms with E-state index in [1.807, 2.05) is 6.07 Å². The molecule has 0 atom stereocenters. The van der Waals surface area contributed by atoms with Crippen LogP contribution in [-0.4, -0.2) is 23.3 Å². The number of thioether (sulfide) groups is 1. The highest BCUT2D eigenvalue weighted by Gasteiger charge is 2.04. The molecule has 0 spiro atoms. The van der Waals surface area contributed by atoms with Crippen LogP contribution >= 0.6 is 24.0 Å². The summed E-state index contributed by atoms with van der Waals surface area (Å²) < 4.78 is 0. The molecule has 0 fully saturated rings. The van der Waals surface area contributed by atoms with Gasteiger partial charge in [0.1, 0.15) is 0 Å². The highest BCUT2D eigenvalue weighted by molar-refractivity contribution is 8.00. The predicted octanol–water partition coefficient (Wildman–Crippen LogP) is 2.94. The Morgan fingerprint density at radius 1 is 1.23 bits per heavy atom. The number of nitrogens with one attached hydrogen (secondary N) is 3. The number of benzene rings is 1. The Morgan fingerprint density at radius 2 is 1.95 bits per heavy atom. The van der Waals surface area contributed by atoms with Crippen molar-refractivity contribution in [3.8, 4) is 0 Å². The molecule has 4 nitrogen and oxygen atoms in total. The van der Waals surface area contributed by atoms with E-state index in [1.165, 1.54) is 22.9 Å². The number of amides is 1. The van der Waals surface area contributed by atoms with Gasteiger partial charge in [-0.05, 0) is 61.7 Å². The maximum Gasteiger partial charge on any atom is 0.248 e. The SMILES string of the molecule is Cc1ccc(SCC(=O)NNC(=S)NCCC(C)C)cc1C. The molecule has 0 heterocycles. The van der Waals surface area contributed by atoms with E-state index in [0.29, 0.717) is 16.8 Å². The first-order chi connectivity index (χ1) is 10.4. The van der Waals surface area contributed by atoms with Crippen LogP contribution in [0.5, 0.6) is 0 Å². The third-order valence-corrected chi connectivity index (χ3v) is 4.41. The largest absolute Gasteiger partial charge is 0.361 e. The van der Waals surface area contributed by atoms with Gasteiger partial charge < -0.3 is 5.32 Å². The van der Waals surface area contributed by atoms with Gasteiger partial charge in [-0.15, -0.1) is 11.8 Å². The van der Waals surface area contributed by atoms with Gasteiger partial charge in [0.05, 0.1) is 5.75 Å². The number of aryl methyl sites for hydroxylation is 2. The molecule has 0 saturated heterocycles. The van der Waals surface area contributed by atoms with Crippen molar-refractivity contribution in [2.24, 2.45) is 5.92 Å². The standard InChI is InChI=1S/C16H25N3OS2/c1-11(2)7-8-17-16(21)19-18-15(20)10-22-14-6-5-12(3)13(4)9-14/h5-6,9,11H,7-8,10H2,1-4H3,(H,18,20)(H2,17,19,21). The topological polar surface area (TPSA) is 53.2 Å². The highest BCUT2D eigenvalue weighted by atomic mass is 32.2. The van der Waals surface area contributed by atoms with Crippen molar-refractivity contribution in [3.05, 3.63) is 29.3 Å². The molecule has 3 N–H and O–H groups in total. The number of carbonyl (C=O) groups is 1. The molecule has 22 heavy (non-hydrogen) atoms. The van der Waals surface area contributed by atoms with Gasteiger partial charge in [-0.1, -0.05) is 19.9 Å².